The number of thiazole rings is 1. The Bertz CT molecular complexity index is 732. The molecule has 2 aromatic heterocycles. The third-order valence-electron chi connectivity index (χ3n) is 3.11. The van der Waals surface area contributed by atoms with Crippen LogP contribution in [0, 0.1) is 0 Å². The van der Waals surface area contributed by atoms with Crippen LogP contribution in [0.3, 0.4) is 0 Å². The van der Waals surface area contributed by atoms with Gasteiger partial charge in [-0.05, 0) is 29.0 Å². The minimum absolute atomic E-state index is 0.754. The van der Waals surface area contributed by atoms with Crippen LogP contribution in [-0.2, 0) is 20.0 Å². The zero-order valence-electron chi connectivity index (χ0n) is 11.9. The van der Waals surface area contributed by atoms with Gasteiger partial charge in [0, 0.05) is 29.4 Å². The number of tetrazole rings is 1. The first-order valence-electron chi connectivity index (χ1n) is 6.76. The van der Waals surface area contributed by atoms with Crippen molar-refractivity contribution in [1.82, 2.24) is 25.2 Å². The van der Waals surface area contributed by atoms with Gasteiger partial charge in [0.25, 0.3) is 0 Å². The molecule has 0 unspecified atom stereocenters. The van der Waals surface area contributed by atoms with Crippen LogP contribution in [0.4, 0.5) is 5.69 Å². The molecule has 1 N–H and O–H groups in total. The van der Waals surface area contributed by atoms with Crippen LogP contribution in [0.2, 0.25) is 0 Å². The fraction of sp³-hybridized carbons (Fsp3) is 0.286. The van der Waals surface area contributed by atoms with Crippen LogP contribution in [-0.4, -0.2) is 25.2 Å². The topological polar surface area (TPSA) is 68.5 Å². The molecular formula is C14H16N6S. The summed E-state index contributed by atoms with van der Waals surface area (Å²) in [5, 5.41) is 16.1. The zero-order chi connectivity index (χ0) is 14.7. The fourth-order valence-electron chi connectivity index (χ4n) is 2.02. The van der Waals surface area contributed by atoms with E-state index in [0.29, 0.717) is 0 Å². The van der Waals surface area contributed by atoms with Gasteiger partial charge in [-0.25, -0.2) is 9.67 Å². The monoisotopic (exact) mass is 300 g/mol. The molecule has 0 radical (unpaired) electrons. The Morgan fingerprint density at radius 3 is 2.95 bits per heavy atom. The Morgan fingerprint density at radius 1 is 1.33 bits per heavy atom. The lowest BCUT2D eigenvalue weighted by atomic mass is 10.2. The molecule has 0 atom stereocenters. The molecular weight excluding hydrogens is 284 g/mol. The summed E-state index contributed by atoms with van der Waals surface area (Å²) in [6.07, 6.45) is 2.92. The quantitative estimate of drug-likeness (QED) is 0.784. The van der Waals surface area contributed by atoms with Crippen molar-refractivity contribution in [3.05, 3.63) is 40.3 Å². The van der Waals surface area contributed by atoms with Crippen molar-refractivity contribution in [2.75, 3.05) is 5.32 Å². The zero-order valence-corrected chi connectivity index (χ0v) is 12.8. The summed E-state index contributed by atoms with van der Waals surface area (Å²) in [4.78, 5) is 5.60. The number of benzene rings is 1. The lowest BCUT2D eigenvalue weighted by Gasteiger charge is -2.06. The van der Waals surface area contributed by atoms with E-state index in [0.717, 1.165) is 30.0 Å². The van der Waals surface area contributed by atoms with Crippen LogP contribution >= 0.6 is 11.3 Å². The SMILES string of the molecule is CCc1ncc(CNc2cccc(-c3nnnn3C)c2)s1. The maximum Gasteiger partial charge on any atom is 0.181 e. The first kappa shape index (κ1) is 13.7. The minimum Gasteiger partial charge on any atom is -0.380 e. The molecule has 21 heavy (non-hydrogen) atoms. The third kappa shape index (κ3) is 3.08. The van der Waals surface area contributed by atoms with Gasteiger partial charge < -0.3 is 5.32 Å². The van der Waals surface area contributed by atoms with Gasteiger partial charge in [-0.3, -0.25) is 0 Å². The summed E-state index contributed by atoms with van der Waals surface area (Å²) in [6, 6.07) is 8.08. The van der Waals surface area contributed by atoms with E-state index in [1.165, 1.54) is 9.88 Å². The van der Waals surface area contributed by atoms with E-state index < -0.39 is 0 Å². The summed E-state index contributed by atoms with van der Waals surface area (Å²) in [7, 11) is 1.83. The van der Waals surface area contributed by atoms with Gasteiger partial charge in [0.1, 0.15) is 0 Å². The van der Waals surface area contributed by atoms with Crippen LogP contribution in [0.5, 0.6) is 0 Å². The predicted molar refractivity (Wildman–Crippen MR) is 83.1 cm³/mol. The molecule has 6 nitrogen and oxygen atoms in total. The van der Waals surface area contributed by atoms with Crippen LogP contribution in [0.25, 0.3) is 11.4 Å². The van der Waals surface area contributed by atoms with Crippen LogP contribution in [0.15, 0.2) is 30.5 Å². The number of rotatable bonds is 5. The number of anilines is 1. The molecule has 0 spiro atoms. The van der Waals surface area contributed by atoms with Crippen molar-refractivity contribution in [1.29, 1.82) is 0 Å². The molecule has 0 amide bonds. The van der Waals surface area contributed by atoms with E-state index in [2.05, 4.69) is 32.7 Å². The molecule has 0 bridgehead atoms. The van der Waals surface area contributed by atoms with Gasteiger partial charge in [-0.15, -0.1) is 16.4 Å². The Hall–Kier alpha value is -2.28. The Morgan fingerprint density at radius 2 is 2.24 bits per heavy atom. The summed E-state index contributed by atoms with van der Waals surface area (Å²) < 4.78 is 1.66. The first-order valence-corrected chi connectivity index (χ1v) is 7.58. The normalized spacial score (nSPS) is 10.8. The van der Waals surface area contributed by atoms with E-state index in [4.69, 9.17) is 0 Å². The molecule has 3 aromatic rings. The van der Waals surface area contributed by atoms with E-state index >= 15 is 0 Å². The predicted octanol–water partition coefficient (Wildman–Crippen LogP) is 2.51. The van der Waals surface area contributed by atoms with Crippen molar-refractivity contribution in [2.24, 2.45) is 7.05 Å². The van der Waals surface area contributed by atoms with Gasteiger partial charge in [-0.1, -0.05) is 19.1 Å². The number of aromatic nitrogens is 5. The lowest BCUT2D eigenvalue weighted by Crippen LogP contribution is -1.99. The average molecular weight is 300 g/mol. The Kier molecular flexibility index (Phi) is 3.92. The molecule has 0 fully saturated rings. The van der Waals surface area contributed by atoms with Crippen LogP contribution < -0.4 is 5.32 Å². The molecule has 1 aromatic carbocycles. The standard InChI is InChI=1S/C14H16N6S/c1-3-13-16-9-12(21-13)8-15-11-6-4-5-10(7-11)14-17-18-19-20(14)2/h4-7,9,15H,3,8H2,1-2H3. The van der Waals surface area contributed by atoms with E-state index in [1.54, 1.807) is 16.0 Å². The van der Waals surface area contributed by atoms with Crippen molar-refractivity contribution in [2.45, 2.75) is 19.9 Å². The molecule has 0 aliphatic carbocycles. The molecule has 2 heterocycles. The molecule has 0 aliphatic rings. The highest BCUT2D eigenvalue weighted by atomic mass is 32.1. The number of nitrogens with one attached hydrogen (secondary N) is 1. The number of hydrogen-bond acceptors (Lipinski definition) is 6. The fourth-order valence-corrected chi connectivity index (χ4v) is 2.83. The summed E-state index contributed by atoms with van der Waals surface area (Å²) >= 11 is 1.75. The van der Waals surface area contributed by atoms with Crippen molar-refractivity contribution >= 4 is 17.0 Å². The molecule has 0 saturated heterocycles. The molecule has 0 saturated carbocycles. The third-order valence-corrected chi connectivity index (χ3v) is 4.25. The van der Waals surface area contributed by atoms with Gasteiger partial charge >= 0.3 is 0 Å². The molecule has 108 valence electrons. The smallest absolute Gasteiger partial charge is 0.181 e. The maximum absolute atomic E-state index is 4.37. The highest BCUT2D eigenvalue weighted by molar-refractivity contribution is 7.11. The summed E-state index contributed by atoms with van der Waals surface area (Å²) in [5.41, 5.74) is 2.04. The molecule has 7 heteroatoms. The lowest BCUT2D eigenvalue weighted by molar-refractivity contribution is 0.714. The van der Waals surface area contributed by atoms with Gasteiger partial charge in [0.05, 0.1) is 11.6 Å². The van der Waals surface area contributed by atoms with E-state index in [9.17, 15) is 0 Å². The van der Waals surface area contributed by atoms with Crippen LogP contribution in [0.1, 0.15) is 16.8 Å². The van der Waals surface area contributed by atoms with Gasteiger partial charge in [-0.2, -0.15) is 0 Å². The highest BCUT2D eigenvalue weighted by Crippen LogP contribution is 2.21. The average Bonchev–Trinajstić information content (AvgIpc) is 3.14. The second kappa shape index (κ2) is 6.01. The molecule has 0 aliphatic heterocycles. The Balaban J connectivity index is 1.73. The summed E-state index contributed by atoms with van der Waals surface area (Å²) in [5.74, 6) is 0.754. The van der Waals surface area contributed by atoms with E-state index in [-0.39, 0.29) is 0 Å². The number of hydrogen-bond donors (Lipinski definition) is 1. The van der Waals surface area contributed by atoms with E-state index in [1.807, 2.05) is 37.5 Å². The van der Waals surface area contributed by atoms with Crippen molar-refractivity contribution < 1.29 is 0 Å². The molecule has 3 rings (SSSR count). The van der Waals surface area contributed by atoms with Gasteiger partial charge in [0.2, 0.25) is 0 Å². The second-order valence-corrected chi connectivity index (χ2v) is 5.83. The van der Waals surface area contributed by atoms with Crippen molar-refractivity contribution in [3.8, 4) is 11.4 Å². The Labute approximate surface area is 126 Å². The summed E-state index contributed by atoms with van der Waals surface area (Å²) in [6.45, 7) is 2.90. The van der Waals surface area contributed by atoms with Gasteiger partial charge in [0.15, 0.2) is 5.82 Å². The highest BCUT2D eigenvalue weighted by Gasteiger charge is 2.06. The maximum atomic E-state index is 4.37. The number of aryl methyl sites for hydroxylation is 2. The van der Waals surface area contributed by atoms with Crippen molar-refractivity contribution in [3.63, 3.8) is 0 Å². The minimum atomic E-state index is 0.754. The second-order valence-electron chi connectivity index (χ2n) is 4.63. The largest absolute Gasteiger partial charge is 0.380 e. The number of nitrogens with zero attached hydrogens (tertiary/aromatic N) is 5. The first-order chi connectivity index (χ1) is 10.3.